The van der Waals surface area contributed by atoms with Gasteiger partial charge in [-0.2, -0.15) is 0 Å². The predicted octanol–water partition coefficient (Wildman–Crippen LogP) is 4.12. The predicted molar refractivity (Wildman–Crippen MR) is 81.7 cm³/mol. The van der Waals surface area contributed by atoms with Crippen LogP contribution >= 0.6 is 0 Å². The lowest BCUT2D eigenvalue weighted by Crippen LogP contribution is -2.47. The van der Waals surface area contributed by atoms with Crippen molar-refractivity contribution in [2.24, 2.45) is 0 Å². The number of Topliss-reactive ketones (excluding diaryl/α,β-unsaturated/α-hetero) is 1. The molecule has 1 aromatic rings. The van der Waals surface area contributed by atoms with Gasteiger partial charge in [-0.1, -0.05) is 49.6 Å². The lowest BCUT2D eigenvalue weighted by molar-refractivity contribution is 0.0918. The molecule has 1 N–H and O–H groups in total. The van der Waals surface area contributed by atoms with Crippen molar-refractivity contribution in [2.45, 2.75) is 65.5 Å². The van der Waals surface area contributed by atoms with E-state index in [1.54, 1.807) is 0 Å². The number of hydrogen-bond donors (Lipinski definition) is 1. The smallest absolute Gasteiger partial charge is 0.179 e. The Bertz CT molecular complexity index is 400. The van der Waals surface area contributed by atoms with Gasteiger partial charge < -0.3 is 5.32 Å². The fourth-order valence-corrected chi connectivity index (χ4v) is 2.12. The minimum atomic E-state index is -0.0809. The number of carbonyl (C=O) groups is 1. The van der Waals surface area contributed by atoms with E-state index in [0.29, 0.717) is 0 Å². The molecule has 1 aromatic carbocycles. The summed E-state index contributed by atoms with van der Waals surface area (Å²) < 4.78 is 0. The number of nitrogens with one attached hydrogen (secondary N) is 1. The summed E-state index contributed by atoms with van der Waals surface area (Å²) in [5, 5.41) is 3.45. The van der Waals surface area contributed by atoms with Crippen molar-refractivity contribution in [2.75, 3.05) is 0 Å². The summed E-state index contributed by atoms with van der Waals surface area (Å²) in [7, 11) is 0. The van der Waals surface area contributed by atoms with Crippen molar-refractivity contribution < 1.29 is 4.79 Å². The Balaban J connectivity index is 2.83. The first-order valence-electron chi connectivity index (χ1n) is 7.22. The van der Waals surface area contributed by atoms with Crippen LogP contribution in [0.1, 0.15) is 62.9 Å². The molecule has 0 aliphatic rings. The van der Waals surface area contributed by atoms with Gasteiger partial charge in [0.05, 0.1) is 6.04 Å². The van der Waals surface area contributed by atoms with E-state index in [4.69, 9.17) is 0 Å². The maximum atomic E-state index is 12.6. The molecule has 0 spiro atoms. The second-order valence-electron chi connectivity index (χ2n) is 6.32. The molecular formula is C17H27NO. The van der Waals surface area contributed by atoms with Crippen molar-refractivity contribution in [3.05, 3.63) is 35.4 Å². The third-order valence-corrected chi connectivity index (χ3v) is 3.11. The molecule has 19 heavy (non-hydrogen) atoms. The third kappa shape index (κ3) is 5.56. The zero-order valence-electron chi connectivity index (χ0n) is 12.9. The topological polar surface area (TPSA) is 29.1 Å². The first kappa shape index (κ1) is 15.9. The van der Waals surface area contributed by atoms with Crippen molar-refractivity contribution in [1.29, 1.82) is 0 Å². The Hall–Kier alpha value is -1.15. The molecule has 0 bridgehead atoms. The average Bonchev–Trinajstić information content (AvgIpc) is 2.33. The van der Waals surface area contributed by atoms with Crippen LogP contribution in [-0.4, -0.2) is 17.4 Å². The van der Waals surface area contributed by atoms with Gasteiger partial charge in [0, 0.05) is 11.1 Å². The zero-order valence-corrected chi connectivity index (χ0v) is 12.9. The van der Waals surface area contributed by atoms with Gasteiger partial charge in [-0.25, -0.2) is 0 Å². The number of ketones is 1. The molecule has 0 saturated carbocycles. The van der Waals surface area contributed by atoms with Gasteiger partial charge in [0.1, 0.15) is 0 Å². The molecule has 0 aliphatic heterocycles. The average molecular weight is 261 g/mol. The first-order valence-corrected chi connectivity index (χ1v) is 7.22. The van der Waals surface area contributed by atoms with Crippen LogP contribution < -0.4 is 5.32 Å². The number of rotatable bonds is 6. The molecule has 0 saturated heterocycles. The van der Waals surface area contributed by atoms with Crippen LogP contribution in [0.4, 0.5) is 0 Å². The molecule has 0 radical (unpaired) electrons. The molecule has 0 aliphatic carbocycles. The van der Waals surface area contributed by atoms with E-state index in [2.05, 4.69) is 33.0 Å². The minimum Gasteiger partial charge on any atom is -0.302 e. The van der Waals surface area contributed by atoms with Crippen LogP contribution in [0, 0.1) is 6.92 Å². The largest absolute Gasteiger partial charge is 0.302 e. The highest BCUT2D eigenvalue weighted by atomic mass is 16.1. The summed E-state index contributed by atoms with van der Waals surface area (Å²) in [6, 6.07) is 7.78. The fraction of sp³-hybridized carbons (Fsp3) is 0.588. The summed E-state index contributed by atoms with van der Waals surface area (Å²) in [5.41, 5.74) is 1.95. The van der Waals surface area contributed by atoms with Gasteiger partial charge in [0.25, 0.3) is 0 Å². The number of carbonyl (C=O) groups excluding carboxylic acids is 1. The molecule has 2 nitrogen and oxygen atoms in total. The third-order valence-electron chi connectivity index (χ3n) is 3.11. The van der Waals surface area contributed by atoms with Crippen LogP contribution in [0.2, 0.25) is 0 Å². The van der Waals surface area contributed by atoms with Crippen molar-refractivity contribution in [1.82, 2.24) is 5.32 Å². The SMILES string of the molecule is CCCCC(NC(C)(C)C)C(=O)c1ccc(C)cc1. The lowest BCUT2D eigenvalue weighted by Gasteiger charge is -2.28. The second-order valence-corrected chi connectivity index (χ2v) is 6.32. The number of benzene rings is 1. The molecule has 0 amide bonds. The van der Waals surface area contributed by atoms with Crippen LogP contribution in [0.3, 0.4) is 0 Å². The summed E-state index contributed by atoms with van der Waals surface area (Å²) in [6.07, 6.45) is 3.09. The van der Waals surface area contributed by atoms with Crippen molar-refractivity contribution in [3.8, 4) is 0 Å². The first-order chi connectivity index (χ1) is 8.83. The summed E-state index contributed by atoms with van der Waals surface area (Å²) in [6.45, 7) is 10.5. The number of unbranched alkanes of at least 4 members (excludes halogenated alkanes) is 1. The van der Waals surface area contributed by atoms with Crippen molar-refractivity contribution in [3.63, 3.8) is 0 Å². The second kappa shape index (κ2) is 6.85. The Morgan fingerprint density at radius 2 is 1.79 bits per heavy atom. The van der Waals surface area contributed by atoms with Gasteiger partial charge >= 0.3 is 0 Å². The minimum absolute atomic E-state index is 0.0429. The highest BCUT2D eigenvalue weighted by Gasteiger charge is 2.24. The Morgan fingerprint density at radius 1 is 1.21 bits per heavy atom. The summed E-state index contributed by atoms with van der Waals surface area (Å²) in [4.78, 5) is 12.6. The molecule has 1 rings (SSSR count). The Kier molecular flexibility index (Phi) is 5.74. The van der Waals surface area contributed by atoms with E-state index in [1.807, 2.05) is 31.2 Å². The van der Waals surface area contributed by atoms with Crippen LogP contribution in [0.5, 0.6) is 0 Å². The number of aryl methyl sites for hydroxylation is 1. The van der Waals surface area contributed by atoms with Gasteiger partial charge in [0.2, 0.25) is 0 Å². The Morgan fingerprint density at radius 3 is 2.26 bits per heavy atom. The van der Waals surface area contributed by atoms with Crippen LogP contribution in [-0.2, 0) is 0 Å². The summed E-state index contributed by atoms with van der Waals surface area (Å²) >= 11 is 0. The fourth-order valence-electron chi connectivity index (χ4n) is 2.12. The van der Waals surface area contributed by atoms with E-state index in [0.717, 1.165) is 24.8 Å². The van der Waals surface area contributed by atoms with E-state index in [9.17, 15) is 4.79 Å². The van der Waals surface area contributed by atoms with Crippen LogP contribution in [0.15, 0.2) is 24.3 Å². The van der Waals surface area contributed by atoms with E-state index >= 15 is 0 Å². The molecule has 0 heterocycles. The molecular weight excluding hydrogens is 234 g/mol. The summed E-state index contributed by atoms with van der Waals surface area (Å²) in [5.74, 6) is 0.211. The van der Waals surface area contributed by atoms with Gasteiger partial charge in [-0.3, -0.25) is 4.79 Å². The maximum absolute atomic E-state index is 12.6. The molecule has 1 atom stereocenters. The highest BCUT2D eigenvalue weighted by Crippen LogP contribution is 2.14. The van der Waals surface area contributed by atoms with Gasteiger partial charge in [0.15, 0.2) is 5.78 Å². The van der Waals surface area contributed by atoms with Gasteiger partial charge in [-0.05, 0) is 34.1 Å². The lowest BCUT2D eigenvalue weighted by atomic mass is 9.96. The molecule has 106 valence electrons. The highest BCUT2D eigenvalue weighted by molar-refractivity contribution is 6.00. The Labute approximate surface area is 117 Å². The normalized spacial score (nSPS) is 13.3. The maximum Gasteiger partial charge on any atom is 0.179 e. The monoisotopic (exact) mass is 261 g/mol. The molecule has 0 aromatic heterocycles. The standard InChI is InChI=1S/C17H27NO/c1-6-7-8-15(18-17(3,4)5)16(19)14-11-9-13(2)10-12-14/h9-12,15,18H,6-8H2,1-5H3. The number of hydrogen-bond acceptors (Lipinski definition) is 2. The zero-order chi connectivity index (χ0) is 14.5. The molecule has 1 unspecified atom stereocenters. The molecule has 0 fully saturated rings. The van der Waals surface area contributed by atoms with E-state index in [-0.39, 0.29) is 17.4 Å². The van der Waals surface area contributed by atoms with E-state index in [1.165, 1.54) is 5.56 Å². The molecule has 2 heteroatoms. The quantitative estimate of drug-likeness (QED) is 0.780. The van der Waals surface area contributed by atoms with E-state index < -0.39 is 0 Å². The van der Waals surface area contributed by atoms with Gasteiger partial charge in [-0.15, -0.1) is 0 Å². The van der Waals surface area contributed by atoms with Crippen LogP contribution in [0.25, 0.3) is 0 Å². The van der Waals surface area contributed by atoms with Crippen molar-refractivity contribution >= 4 is 5.78 Å².